The van der Waals surface area contributed by atoms with E-state index >= 15 is 0 Å². The average Bonchev–Trinajstić information content (AvgIpc) is 2.37. The lowest BCUT2D eigenvalue weighted by Gasteiger charge is -2.55. The summed E-state index contributed by atoms with van der Waals surface area (Å²) in [6.07, 6.45) is 2.89. The maximum atomic E-state index is 12.0. The van der Waals surface area contributed by atoms with Gasteiger partial charge in [-0.05, 0) is 19.0 Å². The molecule has 2 unspecified atom stereocenters. The average molecular weight is 269 g/mol. The smallest absolute Gasteiger partial charge is 0.388 e. The first-order chi connectivity index (χ1) is 9.11. The normalized spacial score (nSPS) is 27.4. The number of rotatable bonds is 4. The van der Waals surface area contributed by atoms with E-state index in [1.807, 2.05) is 6.07 Å². The summed E-state index contributed by atoms with van der Waals surface area (Å²) in [4.78, 5) is 8.72. The summed E-state index contributed by atoms with van der Waals surface area (Å²) in [5.74, 6) is -0.0257. The van der Waals surface area contributed by atoms with Crippen LogP contribution in [0.5, 0.6) is 5.88 Å². The van der Waals surface area contributed by atoms with E-state index in [1.165, 1.54) is 12.5 Å². The van der Waals surface area contributed by atoms with Crippen molar-refractivity contribution in [1.29, 1.82) is 0 Å². The molecule has 0 N–H and O–H groups in total. The molecule has 0 spiro atoms. The van der Waals surface area contributed by atoms with E-state index in [2.05, 4.69) is 26.6 Å². The minimum Gasteiger partial charge on any atom is -0.417 e. The Kier molecular flexibility index (Phi) is 3.36. The number of fused-ring (bicyclic) bond motifs is 2. The Labute approximate surface area is 111 Å². The number of ether oxygens (including phenoxy) is 1. The molecule has 104 valence electrons. The molecule has 2 bridgehead atoms. The third-order valence-corrected chi connectivity index (χ3v) is 3.90. The van der Waals surface area contributed by atoms with E-state index in [4.69, 9.17) is 0 Å². The number of alkyl halides is 2. The highest BCUT2D eigenvalue weighted by Gasteiger charge is 2.43. The van der Waals surface area contributed by atoms with Crippen LogP contribution in [0.25, 0.3) is 0 Å². The van der Waals surface area contributed by atoms with E-state index in [0.717, 1.165) is 25.2 Å². The van der Waals surface area contributed by atoms with E-state index in [1.54, 1.807) is 6.20 Å². The molecule has 1 aromatic heterocycles. The second-order valence-corrected chi connectivity index (χ2v) is 5.32. The summed E-state index contributed by atoms with van der Waals surface area (Å²) in [5.41, 5.74) is 1.04. The van der Waals surface area contributed by atoms with Gasteiger partial charge in [0.15, 0.2) is 0 Å². The molecule has 3 aliphatic rings. The summed E-state index contributed by atoms with van der Waals surface area (Å²) in [7, 11) is 2.15. The van der Waals surface area contributed by atoms with Gasteiger partial charge in [0.05, 0.1) is 0 Å². The number of piperidine rings is 1. The fourth-order valence-corrected chi connectivity index (χ4v) is 3.03. The second-order valence-electron chi connectivity index (χ2n) is 5.32. The number of aromatic nitrogens is 1. The van der Waals surface area contributed by atoms with Crippen molar-refractivity contribution in [2.24, 2.45) is 0 Å². The summed E-state index contributed by atoms with van der Waals surface area (Å²) < 4.78 is 28.3. The maximum Gasteiger partial charge on any atom is 0.388 e. The summed E-state index contributed by atoms with van der Waals surface area (Å²) in [6, 6.07) is 4.56. The molecule has 0 radical (unpaired) electrons. The number of likely N-dealkylation sites (N-methyl/N-ethyl adjacent to an activating group) is 1. The molecular weight excluding hydrogens is 252 g/mol. The predicted octanol–water partition coefficient (Wildman–Crippen LogP) is 1.57. The van der Waals surface area contributed by atoms with Crippen LogP contribution in [0.4, 0.5) is 8.78 Å². The quantitative estimate of drug-likeness (QED) is 0.829. The molecule has 3 saturated heterocycles. The summed E-state index contributed by atoms with van der Waals surface area (Å²) in [5, 5.41) is 0. The molecule has 4 heterocycles. The standard InChI is InChI=1S/C13H17F2N3O/c1-17-7-10-4-11(8-17)18(10)6-9-2-3-12(16-5-9)19-13(14)15/h2-3,5,10-11,13H,4,6-8H2,1H3. The van der Waals surface area contributed by atoms with Gasteiger partial charge in [-0.3, -0.25) is 4.90 Å². The first kappa shape index (κ1) is 12.7. The molecule has 4 nitrogen and oxygen atoms in total. The largest absolute Gasteiger partial charge is 0.417 e. The number of halogens is 2. The van der Waals surface area contributed by atoms with Crippen LogP contribution < -0.4 is 4.74 Å². The highest BCUT2D eigenvalue weighted by molar-refractivity contribution is 5.19. The van der Waals surface area contributed by atoms with Crippen LogP contribution in [0.3, 0.4) is 0 Å². The van der Waals surface area contributed by atoms with Crippen LogP contribution in [0.15, 0.2) is 18.3 Å². The molecule has 6 heteroatoms. The Morgan fingerprint density at radius 1 is 1.37 bits per heavy atom. The predicted molar refractivity (Wildman–Crippen MR) is 66.1 cm³/mol. The number of pyridine rings is 1. The van der Waals surface area contributed by atoms with Gasteiger partial charge in [-0.25, -0.2) is 4.98 Å². The Hall–Kier alpha value is -1.27. The van der Waals surface area contributed by atoms with Crippen molar-refractivity contribution in [1.82, 2.24) is 14.8 Å². The third kappa shape index (κ3) is 2.69. The monoisotopic (exact) mass is 269 g/mol. The van der Waals surface area contributed by atoms with Crippen LogP contribution in [-0.2, 0) is 6.54 Å². The molecular formula is C13H17F2N3O. The highest BCUT2D eigenvalue weighted by Crippen LogP contribution is 2.32. The number of nitrogens with zero attached hydrogens (tertiary/aromatic N) is 3. The number of hydrogen-bond acceptors (Lipinski definition) is 4. The van der Waals surface area contributed by atoms with Crippen molar-refractivity contribution in [3.63, 3.8) is 0 Å². The third-order valence-electron chi connectivity index (χ3n) is 3.90. The van der Waals surface area contributed by atoms with Crippen LogP contribution in [0.2, 0.25) is 0 Å². The van der Waals surface area contributed by atoms with E-state index in [9.17, 15) is 8.78 Å². The molecule has 4 rings (SSSR count). The van der Waals surface area contributed by atoms with Crippen LogP contribution in [0, 0.1) is 0 Å². The molecule has 1 aromatic rings. The van der Waals surface area contributed by atoms with Gasteiger partial charge >= 0.3 is 6.61 Å². The first-order valence-corrected chi connectivity index (χ1v) is 6.46. The molecule has 3 fully saturated rings. The first-order valence-electron chi connectivity index (χ1n) is 6.46. The number of piperazine rings is 1. The minimum atomic E-state index is -2.82. The Bertz CT molecular complexity index is 428. The van der Waals surface area contributed by atoms with Gasteiger partial charge in [-0.1, -0.05) is 6.07 Å². The lowest BCUT2D eigenvalue weighted by atomic mass is 9.87. The Morgan fingerprint density at radius 3 is 2.68 bits per heavy atom. The molecule has 0 aliphatic carbocycles. The van der Waals surface area contributed by atoms with Crippen molar-refractivity contribution in [2.45, 2.75) is 31.7 Å². The van der Waals surface area contributed by atoms with Gasteiger partial charge < -0.3 is 9.64 Å². The maximum absolute atomic E-state index is 12.0. The van der Waals surface area contributed by atoms with Crippen molar-refractivity contribution in [3.05, 3.63) is 23.9 Å². The fraction of sp³-hybridized carbons (Fsp3) is 0.615. The summed E-state index contributed by atoms with van der Waals surface area (Å²) in [6.45, 7) is 0.238. The van der Waals surface area contributed by atoms with Gasteiger partial charge in [0, 0.05) is 44.0 Å². The van der Waals surface area contributed by atoms with Crippen LogP contribution >= 0.6 is 0 Å². The topological polar surface area (TPSA) is 28.6 Å². The summed E-state index contributed by atoms with van der Waals surface area (Å²) >= 11 is 0. The SMILES string of the molecule is CN1CC2CC(C1)N2Cc1ccc(OC(F)F)nc1. The minimum absolute atomic E-state index is 0.0257. The Morgan fingerprint density at radius 2 is 2.11 bits per heavy atom. The lowest BCUT2D eigenvalue weighted by molar-refractivity contribution is -0.0670. The zero-order valence-electron chi connectivity index (χ0n) is 10.8. The molecule has 0 aromatic carbocycles. The van der Waals surface area contributed by atoms with Crippen LogP contribution in [0.1, 0.15) is 12.0 Å². The Balaban J connectivity index is 1.59. The zero-order valence-corrected chi connectivity index (χ0v) is 10.8. The van der Waals surface area contributed by atoms with Crippen molar-refractivity contribution < 1.29 is 13.5 Å². The van der Waals surface area contributed by atoms with Gasteiger partial charge in [0.1, 0.15) is 0 Å². The molecule has 0 amide bonds. The highest BCUT2D eigenvalue weighted by atomic mass is 19.3. The van der Waals surface area contributed by atoms with Gasteiger partial charge in [0.2, 0.25) is 5.88 Å². The fourth-order valence-electron chi connectivity index (χ4n) is 3.03. The van der Waals surface area contributed by atoms with Crippen molar-refractivity contribution in [2.75, 3.05) is 20.1 Å². The van der Waals surface area contributed by atoms with Gasteiger partial charge in [-0.15, -0.1) is 0 Å². The molecule has 3 aliphatic heterocycles. The van der Waals surface area contributed by atoms with Crippen molar-refractivity contribution >= 4 is 0 Å². The lowest BCUT2D eigenvalue weighted by Crippen LogP contribution is -2.67. The van der Waals surface area contributed by atoms with E-state index in [-0.39, 0.29) is 5.88 Å². The molecule has 2 atom stereocenters. The number of hydrogen-bond donors (Lipinski definition) is 0. The molecule has 19 heavy (non-hydrogen) atoms. The van der Waals surface area contributed by atoms with E-state index < -0.39 is 6.61 Å². The van der Waals surface area contributed by atoms with E-state index in [0.29, 0.717) is 12.1 Å². The second kappa shape index (κ2) is 5.02. The van der Waals surface area contributed by atoms with Gasteiger partial charge in [-0.2, -0.15) is 8.78 Å². The molecule has 0 saturated carbocycles. The zero-order chi connectivity index (χ0) is 13.4. The van der Waals surface area contributed by atoms with Gasteiger partial charge in [0.25, 0.3) is 0 Å². The van der Waals surface area contributed by atoms with Crippen molar-refractivity contribution in [3.8, 4) is 5.88 Å². The van der Waals surface area contributed by atoms with Crippen LogP contribution in [-0.4, -0.2) is 53.6 Å².